The van der Waals surface area contributed by atoms with Crippen LogP contribution >= 0.6 is 11.6 Å². The van der Waals surface area contributed by atoms with Crippen molar-refractivity contribution in [2.75, 3.05) is 32.7 Å². The van der Waals surface area contributed by atoms with Crippen LogP contribution in [0.2, 0.25) is 5.02 Å². The maximum absolute atomic E-state index is 14.7. The summed E-state index contributed by atoms with van der Waals surface area (Å²) in [7, 11) is 0. The molecule has 4 aliphatic rings. The van der Waals surface area contributed by atoms with E-state index in [1.807, 2.05) is 36.5 Å². The summed E-state index contributed by atoms with van der Waals surface area (Å²) in [5, 5.41) is 0.727. The first kappa shape index (κ1) is 32.1. The van der Waals surface area contributed by atoms with Crippen molar-refractivity contribution in [2.24, 2.45) is 5.92 Å². The van der Waals surface area contributed by atoms with Gasteiger partial charge in [0.1, 0.15) is 12.1 Å². The number of imidazole rings is 1. The van der Waals surface area contributed by atoms with E-state index in [0.29, 0.717) is 38.6 Å². The van der Waals surface area contributed by atoms with Crippen LogP contribution in [0.15, 0.2) is 42.9 Å². The van der Waals surface area contributed by atoms with E-state index in [9.17, 15) is 9.59 Å². The number of pyridine rings is 1. The van der Waals surface area contributed by atoms with Crippen molar-refractivity contribution in [1.29, 1.82) is 0 Å². The van der Waals surface area contributed by atoms with E-state index in [2.05, 4.69) is 39.6 Å². The van der Waals surface area contributed by atoms with Crippen LogP contribution in [0.3, 0.4) is 0 Å². The third-order valence-electron chi connectivity index (χ3n) is 11.0. The normalized spacial score (nSPS) is 23.9. The minimum Gasteiger partial charge on any atom is -0.446 e. The van der Waals surface area contributed by atoms with E-state index in [-0.39, 0.29) is 24.1 Å². The average molecular weight is 659 g/mol. The summed E-state index contributed by atoms with van der Waals surface area (Å²) in [5.41, 5.74) is 6.86. The van der Waals surface area contributed by atoms with Gasteiger partial charge in [-0.25, -0.2) is 9.78 Å². The van der Waals surface area contributed by atoms with E-state index in [1.54, 1.807) is 4.90 Å². The Morgan fingerprint density at radius 1 is 0.936 bits per heavy atom. The molecule has 0 spiro atoms. The molecule has 1 unspecified atom stereocenters. The molecular formula is C37H47ClN6O3. The van der Waals surface area contributed by atoms with Crippen LogP contribution in [0, 0.1) is 19.8 Å². The van der Waals surface area contributed by atoms with E-state index in [4.69, 9.17) is 21.3 Å². The molecule has 4 heterocycles. The number of piperazine rings is 1. The standard InChI is InChI=1S/C37H47ClN6O3/c1-25-26(2)43(24-40-25)22-27-8-7-17-42(21-27)36(45)33-23-41(18-19-44(33)37(46)47-31-10-4-3-5-11-31)35-32-15-14-30(38)20-29(32)13-12-28-9-6-16-39-34(28)35/h6,9,14-16,20,24,27,31,33,35H,3-5,7-8,10-13,17-19,21-23H2,1-2H3/t27-,33-,35?/m1/s1. The van der Waals surface area contributed by atoms with Gasteiger partial charge in [0.05, 0.1) is 23.8 Å². The monoisotopic (exact) mass is 658 g/mol. The second-order valence-electron chi connectivity index (χ2n) is 14.0. The maximum Gasteiger partial charge on any atom is 0.410 e. The largest absolute Gasteiger partial charge is 0.446 e. The molecule has 2 saturated heterocycles. The Morgan fingerprint density at radius 3 is 2.57 bits per heavy atom. The molecule has 0 N–H and O–H groups in total. The molecule has 250 valence electrons. The third-order valence-corrected chi connectivity index (χ3v) is 11.2. The van der Waals surface area contributed by atoms with E-state index in [0.717, 1.165) is 74.3 Å². The van der Waals surface area contributed by atoms with E-state index in [1.165, 1.54) is 28.8 Å². The first-order valence-electron chi connectivity index (χ1n) is 17.6. The number of carbonyl (C=O) groups excluding carboxylic acids is 2. The number of benzene rings is 1. The highest BCUT2D eigenvalue weighted by Crippen LogP contribution is 2.38. The molecule has 1 saturated carbocycles. The lowest BCUT2D eigenvalue weighted by Crippen LogP contribution is -2.62. The molecule has 2 amide bonds. The van der Waals surface area contributed by atoms with Gasteiger partial charge in [-0.1, -0.05) is 30.2 Å². The van der Waals surface area contributed by atoms with E-state index < -0.39 is 6.04 Å². The van der Waals surface area contributed by atoms with Crippen molar-refractivity contribution in [3.8, 4) is 0 Å². The highest BCUT2D eigenvalue weighted by Gasteiger charge is 2.43. The Morgan fingerprint density at radius 2 is 1.77 bits per heavy atom. The lowest BCUT2D eigenvalue weighted by molar-refractivity contribution is -0.141. The lowest BCUT2D eigenvalue weighted by atomic mass is 9.94. The zero-order valence-electron chi connectivity index (χ0n) is 27.7. The quantitative estimate of drug-likeness (QED) is 0.328. The summed E-state index contributed by atoms with van der Waals surface area (Å²) < 4.78 is 8.31. The second kappa shape index (κ2) is 14.0. The number of carbonyl (C=O) groups is 2. The van der Waals surface area contributed by atoms with Crippen LogP contribution in [0.25, 0.3) is 0 Å². The summed E-state index contributed by atoms with van der Waals surface area (Å²) in [6, 6.07) is 9.56. The number of likely N-dealkylation sites (tertiary alicyclic amines) is 1. The molecule has 9 nitrogen and oxygen atoms in total. The molecule has 1 aromatic carbocycles. The number of rotatable bonds is 5. The Labute approximate surface area is 283 Å². The van der Waals surface area contributed by atoms with Gasteiger partial charge in [0, 0.05) is 56.2 Å². The van der Waals surface area contributed by atoms with Crippen molar-refractivity contribution in [1.82, 2.24) is 29.2 Å². The number of halogens is 1. The van der Waals surface area contributed by atoms with Crippen LogP contribution in [0.4, 0.5) is 4.79 Å². The van der Waals surface area contributed by atoms with Gasteiger partial charge in [0.2, 0.25) is 5.91 Å². The van der Waals surface area contributed by atoms with Crippen LogP contribution < -0.4 is 0 Å². The van der Waals surface area contributed by atoms with Gasteiger partial charge in [0.15, 0.2) is 0 Å². The molecule has 3 fully saturated rings. The van der Waals surface area contributed by atoms with Gasteiger partial charge in [0.25, 0.3) is 0 Å². The zero-order chi connectivity index (χ0) is 32.5. The number of nitrogens with zero attached hydrogens (tertiary/aromatic N) is 6. The van der Waals surface area contributed by atoms with E-state index >= 15 is 0 Å². The number of aryl methyl sites for hydroxylation is 3. The summed E-state index contributed by atoms with van der Waals surface area (Å²) in [6.45, 7) is 7.82. The first-order valence-corrected chi connectivity index (χ1v) is 17.9. The van der Waals surface area contributed by atoms with Gasteiger partial charge in [-0.05, 0) is 106 Å². The topological polar surface area (TPSA) is 83.8 Å². The molecule has 3 aromatic rings. The molecule has 2 aliphatic carbocycles. The highest BCUT2D eigenvalue weighted by molar-refractivity contribution is 6.30. The van der Waals surface area contributed by atoms with Crippen molar-refractivity contribution < 1.29 is 14.3 Å². The fourth-order valence-electron chi connectivity index (χ4n) is 8.25. The van der Waals surface area contributed by atoms with Crippen molar-refractivity contribution in [2.45, 2.75) is 96.4 Å². The zero-order valence-corrected chi connectivity index (χ0v) is 28.5. The summed E-state index contributed by atoms with van der Waals surface area (Å²) in [4.78, 5) is 44.0. The smallest absolute Gasteiger partial charge is 0.410 e. The Kier molecular flexibility index (Phi) is 9.55. The van der Waals surface area contributed by atoms with Gasteiger partial charge in [-0.3, -0.25) is 19.6 Å². The number of hydrogen-bond acceptors (Lipinski definition) is 6. The Hall–Kier alpha value is -3.43. The van der Waals surface area contributed by atoms with Gasteiger partial charge in [-0.15, -0.1) is 0 Å². The minimum absolute atomic E-state index is 0.0183. The number of fused-ring (bicyclic) bond motifs is 2. The van der Waals surface area contributed by atoms with Crippen LogP contribution in [-0.4, -0.2) is 86.1 Å². The number of aromatic nitrogens is 3. The molecule has 0 radical (unpaired) electrons. The molecule has 2 aliphatic heterocycles. The Balaban J connectivity index is 1.17. The van der Waals surface area contributed by atoms with Crippen LogP contribution in [0.5, 0.6) is 0 Å². The predicted octanol–water partition coefficient (Wildman–Crippen LogP) is 6.13. The number of ether oxygens (including phenoxy) is 1. The minimum atomic E-state index is -0.637. The van der Waals surface area contributed by atoms with Crippen molar-refractivity contribution >= 4 is 23.6 Å². The lowest BCUT2D eigenvalue weighted by Gasteiger charge is -2.45. The SMILES string of the molecule is Cc1ncn(C[C@@H]2CCCN(C(=O)[C@H]3CN(C4c5ccc(Cl)cc5CCc5cccnc54)CCN3C(=O)OC3CCCCC3)C2)c1C. The molecule has 10 heteroatoms. The van der Waals surface area contributed by atoms with Crippen molar-refractivity contribution in [3.63, 3.8) is 0 Å². The number of amides is 2. The number of hydrogen-bond donors (Lipinski definition) is 0. The van der Waals surface area contributed by atoms with Crippen LogP contribution in [0.1, 0.15) is 84.8 Å². The molecular weight excluding hydrogens is 612 g/mol. The van der Waals surface area contributed by atoms with Crippen LogP contribution in [-0.2, 0) is 28.9 Å². The maximum atomic E-state index is 14.7. The molecule has 47 heavy (non-hydrogen) atoms. The predicted molar refractivity (Wildman–Crippen MR) is 181 cm³/mol. The van der Waals surface area contributed by atoms with Gasteiger partial charge < -0.3 is 14.2 Å². The summed E-state index contributed by atoms with van der Waals surface area (Å²) in [5.74, 6) is 0.349. The fraction of sp³-hybridized carbons (Fsp3) is 0.568. The fourth-order valence-corrected chi connectivity index (χ4v) is 8.44. The number of piperidine rings is 1. The second-order valence-corrected chi connectivity index (χ2v) is 14.4. The molecule has 2 aromatic heterocycles. The molecule has 3 atom stereocenters. The molecule has 0 bridgehead atoms. The highest BCUT2D eigenvalue weighted by atomic mass is 35.5. The Bertz CT molecular complexity index is 1600. The summed E-state index contributed by atoms with van der Waals surface area (Å²) >= 11 is 6.49. The first-order chi connectivity index (χ1) is 22.9. The van der Waals surface area contributed by atoms with Crippen molar-refractivity contribution in [3.05, 3.63) is 81.7 Å². The third kappa shape index (κ3) is 6.79. The summed E-state index contributed by atoms with van der Waals surface area (Å²) in [6.07, 6.45) is 12.3. The van der Waals surface area contributed by atoms with Gasteiger partial charge in [-0.2, -0.15) is 0 Å². The van der Waals surface area contributed by atoms with Gasteiger partial charge >= 0.3 is 6.09 Å². The average Bonchev–Trinajstić information content (AvgIpc) is 3.31. The molecule has 7 rings (SSSR count).